The maximum atomic E-state index is 15.1. The van der Waals surface area contributed by atoms with Crippen LogP contribution in [0.1, 0.15) is 21.5 Å². The molecule has 0 aliphatic heterocycles. The van der Waals surface area contributed by atoms with E-state index >= 15 is 4.39 Å². The van der Waals surface area contributed by atoms with Crippen LogP contribution in [0.5, 0.6) is 0 Å². The van der Waals surface area contributed by atoms with E-state index in [-0.39, 0.29) is 27.3 Å². The van der Waals surface area contributed by atoms with Gasteiger partial charge in [-0.25, -0.2) is 13.8 Å². The van der Waals surface area contributed by atoms with Crippen LogP contribution < -0.4 is 5.32 Å². The van der Waals surface area contributed by atoms with Crippen LogP contribution in [0.3, 0.4) is 0 Å². The third-order valence-electron chi connectivity index (χ3n) is 4.53. The number of carbonyl (C=O) groups is 1. The molecule has 0 saturated carbocycles. The van der Waals surface area contributed by atoms with Gasteiger partial charge in [-0.2, -0.15) is 13.2 Å². The van der Waals surface area contributed by atoms with Crippen LogP contribution in [0.25, 0.3) is 11.0 Å². The van der Waals surface area contributed by atoms with Crippen molar-refractivity contribution in [3.05, 3.63) is 88.2 Å². The van der Waals surface area contributed by atoms with Gasteiger partial charge in [0.15, 0.2) is 5.82 Å². The van der Waals surface area contributed by atoms with E-state index in [4.69, 9.17) is 11.6 Å². The van der Waals surface area contributed by atoms with Gasteiger partial charge in [-0.05, 0) is 36.4 Å². The predicted octanol–water partition coefficient (Wildman–Crippen LogP) is 6.49. The molecule has 2 aromatic carbocycles. The van der Waals surface area contributed by atoms with Gasteiger partial charge >= 0.3 is 6.18 Å². The molecule has 0 fully saturated rings. The standard InChI is InChI=1S/C21H11ClF5N3O/c22-11-7-13-14(9-29-20(13)28-8-11)19(31)17-15(23)4-5-16(18(17)24)30-12-3-1-2-10(6-12)21(25,26)27/h1-9,30H,(H,28,29). The molecule has 31 heavy (non-hydrogen) atoms. The summed E-state index contributed by atoms with van der Waals surface area (Å²) in [5.74, 6) is -3.34. The molecule has 2 aromatic heterocycles. The minimum atomic E-state index is -4.59. The fourth-order valence-corrected chi connectivity index (χ4v) is 3.24. The number of alkyl halides is 3. The Hall–Kier alpha value is -3.46. The number of aromatic nitrogens is 2. The van der Waals surface area contributed by atoms with Gasteiger partial charge in [0.1, 0.15) is 11.5 Å². The Morgan fingerprint density at radius 3 is 2.61 bits per heavy atom. The molecule has 4 rings (SSSR count). The maximum absolute atomic E-state index is 15.1. The minimum Gasteiger partial charge on any atom is -0.353 e. The van der Waals surface area contributed by atoms with Crippen molar-refractivity contribution in [3.8, 4) is 0 Å². The fourth-order valence-electron chi connectivity index (χ4n) is 3.09. The van der Waals surface area contributed by atoms with E-state index in [1.165, 1.54) is 24.5 Å². The Labute approximate surface area is 176 Å². The summed E-state index contributed by atoms with van der Waals surface area (Å²) in [6, 6.07) is 7.33. The van der Waals surface area contributed by atoms with Crippen LogP contribution in [0.4, 0.5) is 33.3 Å². The Kier molecular flexibility index (Phi) is 5.14. The third-order valence-corrected chi connectivity index (χ3v) is 4.74. The van der Waals surface area contributed by atoms with Crippen LogP contribution in [0, 0.1) is 11.6 Å². The molecule has 0 amide bonds. The second kappa shape index (κ2) is 7.66. The van der Waals surface area contributed by atoms with E-state index in [9.17, 15) is 22.4 Å². The van der Waals surface area contributed by atoms with Gasteiger partial charge < -0.3 is 10.3 Å². The first-order valence-corrected chi connectivity index (χ1v) is 9.12. The zero-order valence-corrected chi connectivity index (χ0v) is 16.1. The molecule has 0 aliphatic rings. The Morgan fingerprint density at radius 2 is 1.87 bits per heavy atom. The van der Waals surface area contributed by atoms with Crippen LogP contribution in [-0.4, -0.2) is 15.8 Å². The zero-order chi connectivity index (χ0) is 22.3. The average molecular weight is 452 g/mol. The molecule has 0 aliphatic carbocycles. The summed E-state index contributed by atoms with van der Waals surface area (Å²) < 4.78 is 68.2. The summed E-state index contributed by atoms with van der Waals surface area (Å²) in [6.45, 7) is 0. The molecule has 4 nitrogen and oxygen atoms in total. The van der Waals surface area contributed by atoms with Gasteiger partial charge in [-0.3, -0.25) is 4.79 Å². The number of hydrogen-bond donors (Lipinski definition) is 2. The van der Waals surface area contributed by atoms with Crippen LogP contribution in [-0.2, 0) is 6.18 Å². The monoisotopic (exact) mass is 451 g/mol. The highest BCUT2D eigenvalue weighted by Crippen LogP contribution is 2.33. The second-order valence-electron chi connectivity index (χ2n) is 6.57. The van der Waals surface area contributed by atoms with E-state index in [1.54, 1.807) is 0 Å². The Balaban J connectivity index is 1.74. The number of halogens is 6. The molecule has 10 heteroatoms. The topological polar surface area (TPSA) is 57.8 Å². The highest BCUT2D eigenvalue weighted by atomic mass is 35.5. The number of carbonyl (C=O) groups excluding carboxylic acids is 1. The molecule has 0 spiro atoms. The van der Waals surface area contributed by atoms with Gasteiger partial charge in [-0.15, -0.1) is 0 Å². The summed E-state index contributed by atoms with van der Waals surface area (Å²) in [5, 5.41) is 2.96. The number of anilines is 2. The van der Waals surface area contributed by atoms with Crippen LogP contribution in [0.15, 0.2) is 54.9 Å². The first-order chi connectivity index (χ1) is 14.6. The SMILES string of the molecule is O=C(c1c(F)ccc(Nc2cccc(C(F)(F)F)c2)c1F)c1c[nH]c2ncc(Cl)cc12. The van der Waals surface area contributed by atoms with Crippen molar-refractivity contribution in [1.82, 2.24) is 9.97 Å². The summed E-state index contributed by atoms with van der Waals surface area (Å²) >= 11 is 5.90. The zero-order valence-electron chi connectivity index (χ0n) is 15.3. The second-order valence-corrected chi connectivity index (χ2v) is 7.01. The average Bonchev–Trinajstić information content (AvgIpc) is 3.13. The number of fused-ring (bicyclic) bond motifs is 1. The van der Waals surface area contributed by atoms with Gasteiger partial charge in [0.2, 0.25) is 5.78 Å². The van der Waals surface area contributed by atoms with Crippen molar-refractivity contribution < 1.29 is 26.7 Å². The number of hydrogen-bond acceptors (Lipinski definition) is 3. The highest BCUT2D eigenvalue weighted by Gasteiger charge is 2.30. The number of benzene rings is 2. The predicted molar refractivity (Wildman–Crippen MR) is 106 cm³/mol. The quantitative estimate of drug-likeness (QED) is 0.275. The van der Waals surface area contributed by atoms with Gasteiger partial charge in [0.05, 0.1) is 21.8 Å². The van der Waals surface area contributed by atoms with E-state index in [0.29, 0.717) is 5.65 Å². The lowest BCUT2D eigenvalue weighted by molar-refractivity contribution is -0.137. The Bertz CT molecular complexity index is 1320. The first kappa shape index (κ1) is 20.8. The normalized spacial score (nSPS) is 11.7. The highest BCUT2D eigenvalue weighted by molar-refractivity contribution is 6.31. The summed E-state index contributed by atoms with van der Waals surface area (Å²) in [5.41, 5.74) is -2.01. The fraction of sp³-hybridized carbons (Fsp3) is 0.0476. The summed E-state index contributed by atoms with van der Waals surface area (Å²) in [7, 11) is 0. The minimum absolute atomic E-state index is 0.0565. The van der Waals surface area contributed by atoms with Crippen molar-refractivity contribution in [2.45, 2.75) is 6.18 Å². The van der Waals surface area contributed by atoms with E-state index in [0.717, 1.165) is 30.3 Å². The molecule has 0 bridgehead atoms. The van der Waals surface area contributed by atoms with Crippen LogP contribution >= 0.6 is 11.6 Å². The number of ketones is 1. The molecule has 0 radical (unpaired) electrons. The summed E-state index contributed by atoms with van der Waals surface area (Å²) in [4.78, 5) is 19.6. The van der Waals surface area contributed by atoms with Crippen molar-refractivity contribution in [2.24, 2.45) is 0 Å². The Morgan fingerprint density at radius 1 is 1.10 bits per heavy atom. The van der Waals surface area contributed by atoms with E-state index < -0.39 is 34.7 Å². The lowest BCUT2D eigenvalue weighted by Gasteiger charge is -2.13. The number of nitrogens with one attached hydrogen (secondary N) is 2. The number of rotatable bonds is 4. The molecule has 2 N–H and O–H groups in total. The molecule has 4 aromatic rings. The molecule has 0 unspecified atom stereocenters. The van der Waals surface area contributed by atoms with Gasteiger partial charge in [0.25, 0.3) is 0 Å². The van der Waals surface area contributed by atoms with Crippen molar-refractivity contribution in [1.29, 1.82) is 0 Å². The van der Waals surface area contributed by atoms with Crippen molar-refractivity contribution >= 4 is 39.8 Å². The largest absolute Gasteiger partial charge is 0.416 e. The lowest BCUT2D eigenvalue weighted by Crippen LogP contribution is -2.10. The van der Waals surface area contributed by atoms with Gasteiger partial charge in [-0.1, -0.05) is 17.7 Å². The molecule has 0 atom stereocenters. The van der Waals surface area contributed by atoms with Crippen LogP contribution in [0.2, 0.25) is 5.02 Å². The lowest BCUT2D eigenvalue weighted by atomic mass is 10.0. The number of nitrogens with zero attached hydrogens (tertiary/aromatic N) is 1. The van der Waals surface area contributed by atoms with Crippen molar-refractivity contribution in [3.63, 3.8) is 0 Å². The van der Waals surface area contributed by atoms with E-state index in [1.807, 2.05) is 0 Å². The maximum Gasteiger partial charge on any atom is 0.416 e. The molecular weight excluding hydrogens is 441 g/mol. The number of H-pyrrole nitrogens is 1. The molecular formula is C21H11ClF5N3O. The first-order valence-electron chi connectivity index (χ1n) is 8.75. The molecule has 0 saturated heterocycles. The number of pyridine rings is 1. The third kappa shape index (κ3) is 3.96. The smallest absolute Gasteiger partial charge is 0.353 e. The van der Waals surface area contributed by atoms with Gasteiger partial charge in [0, 0.05) is 29.0 Å². The molecule has 2 heterocycles. The van der Waals surface area contributed by atoms with E-state index in [2.05, 4.69) is 15.3 Å². The number of aromatic amines is 1. The summed E-state index contributed by atoms with van der Waals surface area (Å²) in [6.07, 6.45) is -2.00. The van der Waals surface area contributed by atoms with Crippen molar-refractivity contribution in [2.75, 3.05) is 5.32 Å². The molecule has 158 valence electrons.